The average Bonchev–Trinajstić information content (AvgIpc) is 3.33. The van der Waals surface area contributed by atoms with Crippen LogP contribution >= 0.6 is 0 Å². The molecule has 1 aliphatic heterocycles. The molecule has 0 radical (unpaired) electrons. The summed E-state index contributed by atoms with van der Waals surface area (Å²) in [6.07, 6.45) is 4.82. The van der Waals surface area contributed by atoms with Crippen LogP contribution in [0.3, 0.4) is 0 Å². The van der Waals surface area contributed by atoms with E-state index in [9.17, 15) is 4.79 Å². The van der Waals surface area contributed by atoms with E-state index in [0.717, 1.165) is 40.9 Å². The van der Waals surface area contributed by atoms with Gasteiger partial charge in [-0.3, -0.25) is 9.63 Å². The molecule has 1 amide bonds. The number of anilines is 1. The normalized spacial score (nSPS) is 13.5. The standard InChI is InChI=1S/C22H23N5O3/c1-3-17-20(15-6-8-19(23)24-12-15)21(26-13-25-17)14-5-7-16(18(11-14)29-2)22(28)27-9-4-10-30-27/h5-8,11-13H,3-4,9-10H2,1-2H3,(H2,23,24). The topological polar surface area (TPSA) is 103 Å². The lowest BCUT2D eigenvalue weighted by Gasteiger charge is -2.17. The highest BCUT2D eigenvalue weighted by Crippen LogP contribution is 2.35. The van der Waals surface area contributed by atoms with Gasteiger partial charge >= 0.3 is 0 Å². The smallest absolute Gasteiger partial charge is 0.281 e. The van der Waals surface area contributed by atoms with E-state index < -0.39 is 0 Å². The van der Waals surface area contributed by atoms with Crippen molar-refractivity contribution in [3.05, 3.63) is 54.1 Å². The molecule has 3 heterocycles. The maximum absolute atomic E-state index is 12.8. The Hall–Kier alpha value is -3.52. The third-order valence-electron chi connectivity index (χ3n) is 5.02. The Bertz CT molecular complexity index is 1060. The van der Waals surface area contributed by atoms with E-state index in [1.807, 2.05) is 25.1 Å². The first-order valence-electron chi connectivity index (χ1n) is 9.81. The molecule has 4 rings (SSSR count). The Morgan fingerprint density at radius 2 is 2.03 bits per heavy atom. The number of pyridine rings is 1. The number of hydrogen-bond donors (Lipinski definition) is 1. The summed E-state index contributed by atoms with van der Waals surface area (Å²) >= 11 is 0. The zero-order chi connectivity index (χ0) is 21.1. The summed E-state index contributed by atoms with van der Waals surface area (Å²) in [5.74, 6) is 0.700. The van der Waals surface area contributed by atoms with Crippen molar-refractivity contribution in [3.63, 3.8) is 0 Å². The van der Waals surface area contributed by atoms with Crippen LogP contribution in [0.25, 0.3) is 22.4 Å². The number of aromatic nitrogens is 3. The Balaban J connectivity index is 1.80. The Morgan fingerprint density at radius 3 is 2.70 bits per heavy atom. The molecule has 1 aromatic carbocycles. The van der Waals surface area contributed by atoms with Crippen molar-refractivity contribution < 1.29 is 14.4 Å². The third kappa shape index (κ3) is 3.69. The fraction of sp³-hybridized carbons (Fsp3) is 0.273. The van der Waals surface area contributed by atoms with Gasteiger partial charge in [0.05, 0.1) is 37.2 Å². The highest BCUT2D eigenvalue weighted by molar-refractivity contribution is 5.97. The number of amides is 1. The highest BCUT2D eigenvalue weighted by atomic mass is 16.7. The van der Waals surface area contributed by atoms with Gasteiger partial charge in [-0.2, -0.15) is 0 Å². The summed E-state index contributed by atoms with van der Waals surface area (Å²) in [4.78, 5) is 31.4. The number of rotatable bonds is 5. The molecule has 1 aliphatic rings. The zero-order valence-corrected chi connectivity index (χ0v) is 17.0. The van der Waals surface area contributed by atoms with Crippen LogP contribution in [0.1, 0.15) is 29.4 Å². The summed E-state index contributed by atoms with van der Waals surface area (Å²) < 4.78 is 5.53. The molecule has 2 N–H and O–H groups in total. The second-order valence-corrected chi connectivity index (χ2v) is 6.88. The molecule has 30 heavy (non-hydrogen) atoms. The molecule has 154 valence electrons. The maximum atomic E-state index is 12.8. The Labute approximate surface area is 174 Å². The summed E-state index contributed by atoms with van der Waals surface area (Å²) in [6, 6.07) is 9.09. The Kier molecular flexibility index (Phi) is 5.58. The second kappa shape index (κ2) is 8.46. The van der Waals surface area contributed by atoms with Crippen molar-refractivity contribution in [1.29, 1.82) is 0 Å². The number of carbonyl (C=O) groups is 1. The van der Waals surface area contributed by atoms with E-state index in [0.29, 0.717) is 30.3 Å². The molecule has 8 nitrogen and oxygen atoms in total. The minimum absolute atomic E-state index is 0.212. The van der Waals surface area contributed by atoms with Crippen LogP contribution in [-0.2, 0) is 11.3 Å². The first-order chi connectivity index (χ1) is 14.6. The van der Waals surface area contributed by atoms with Crippen LogP contribution in [-0.4, -0.2) is 46.2 Å². The highest BCUT2D eigenvalue weighted by Gasteiger charge is 2.25. The molecule has 0 spiro atoms. The SMILES string of the molecule is CCc1ncnc(-c2ccc(C(=O)N3CCCO3)c(OC)c2)c1-c1ccc(N)nc1. The monoisotopic (exact) mass is 405 g/mol. The first-order valence-corrected chi connectivity index (χ1v) is 9.81. The minimum Gasteiger partial charge on any atom is -0.496 e. The number of methoxy groups -OCH3 is 1. The quantitative estimate of drug-likeness (QED) is 0.695. The average molecular weight is 405 g/mol. The Morgan fingerprint density at radius 1 is 1.20 bits per heavy atom. The summed E-state index contributed by atoms with van der Waals surface area (Å²) in [6.45, 7) is 3.16. The van der Waals surface area contributed by atoms with E-state index in [1.54, 1.807) is 31.8 Å². The summed E-state index contributed by atoms with van der Waals surface area (Å²) in [5.41, 5.74) is 10.4. The minimum atomic E-state index is -0.212. The van der Waals surface area contributed by atoms with Gasteiger partial charge in [0.15, 0.2) is 0 Å². The molecular weight excluding hydrogens is 382 g/mol. The van der Waals surface area contributed by atoms with Gasteiger partial charge in [0, 0.05) is 22.9 Å². The number of ether oxygens (including phenoxy) is 1. The molecule has 0 aliphatic carbocycles. The maximum Gasteiger partial charge on any atom is 0.281 e. The fourth-order valence-electron chi connectivity index (χ4n) is 3.52. The number of nitrogens with zero attached hydrogens (tertiary/aromatic N) is 4. The largest absolute Gasteiger partial charge is 0.496 e. The van der Waals surface area contributed by atoms with E-state index in [-0.39, 0.29) is 5.91 Å². The van der Waals surface area contributed by atoms with Gasteiger partial charge in [0.25, 0.3) is 5.91 Å². The van der Waals surface area contributed by atoms with Crippen LogP contribution in [0.2, 0.25) is 0 Å². The molecule has 0 saturated carbocycles. The number of nitrogen functional groups attached to an aromatic ring is 1. The lowest BCUT2D eigenvalue weighted by molar-refractivity contribution is -0.0769. The number of hydroxylamine groups is 2. The molecule has 0 bridgehead atoms. The van der Waals surface area contributed by atoms with Crippen LogP contribution < -0.4 is 10.5 Å². The fourth-order valence-corrected chi connectivity index (χ4v) is 3.52. The van der Waals surface area contributed by atoms with Crippen molar-refractivity contribution in [1.82, 2.24) is 20.0 Å². The number of nitrogens with two attached hydrogens (primary N) is 1. The predicted octanol–water partition coefficient (Wildman–Crippen LogP) is 3.14. The van der Waals surface area contributed by atoms with Crippen molar-refractivity contribution >= 4 is 11.7 Å². The van der Waals surface area contributed by atoms with Crippen molar-refractivity contribution in [3.8, 4) is 28.1 Å². The van der Waals surface area contributed by atoms with Gasteiger partial charge in [0.2, 0.25) is 0 Å². The number of benzene rings is 1. The van der Waals surface area contributed by atoms with Gasteiger partial charge in [0.1, 0.15) is 17.9 Å². The van der Waals surface area contributed by atoms with Crippen molar-refractivity contribution in [2.75, 3.05) is 26.0 Å². The van der Waals surface area contributed by atoms with E-state index in [2.05, 4.69) is 15.0 Å². The molecule has 0 atom stereocenters. The summed E-state index contributed by atoms with van der Waals surface area (Å²) in [5, 5.41) is 1.38. The molecule has 3 aromatic rings. The molecule has 8 heteroatoms. The molecule has 2 aromatic heterocycles. The van der Waals surface area contributed by atoms with E-state index >= 15 is 0 Å². The third-order valence-corrected chi connectivity index (χ3v) is 5.02. The second-order valence-electron chi connectivity index (χ2n) is 6.88. The summed E-state index contributed by atoms with van der Waals surface area (Å²) in [7, 11) is 1.54. The first kappa shape index (κ1) is 19.8. The van der Waals surface area contributed by atoms with Gasteiger partial charge in [-0.25, -0.2) is 20.0 Å². The van der Waals surface area contributed by atoms with Crippen molar-refractivity contribution in [2.45, 2.75) is 19.8 Å². The van der Waals surface area contributed by atoms with Gasteiger partial charge in [-0.05, 0) is 37.1 Å². The molecule has 1 fully saturated rings. The van der Waals surface area contributed by atoms with Crippen molar-refractivity contribution in [2.24, 2.45) is 0 Å². The number of hydrogen-bond acceptors (Lipinski definition) is 7. The zero-order valence-electron chi connectivity index (χ0n) is 17.0. The van der Waals surface area contributed by atoms with Crippen LogP contribution in [0.4, 0.5) is 5.82 Å². The molecule has 1 saturated heterocycles. The van der Waals surface area contributed by atoms with Crippen LogP contribution in [0, 0.1) is 0 Å². The van der Waals surface area contributed by atoms with Gasteiger partial charge in [-0.1, -0.05) is 13.0 Å². The molecule has 0 unspecified atom stereocenters. The van der Waals surface area contributed by atoms with Crippen LogP contribution in [0.5, 0.6) is 5.75 Å². The number of carbonyl (C=O) groups excluding carboxylic acids is 1. The van der Waals surface area contributed by atoms with Crippen LogP contribution in [0.15, 0.2) is 42.9 Å². The van der Waals surface area contributed by atoms with E-state index in [4.69, 9.17) is 15.3 Å². The lowest BCUT2D eigenvalue weighted by Crippen LogP contribution is -2.26. The van der Waals surface area contributed by atoms with Gasteiger partial charge < -0.3 is 10.5 Å². The number of aryl methyl sites for hydroxylation is 1. The lowest BCUT2D eigenvalue weighted by atomic mass is 9.96. The van der Waals surface area contributed by atoms with E-state index in [1.165, 1.54) is 5.06 Å². The van der Waals surface area contributed by atoms with Gasteiger partial charge in [-0.15, -0.1) is 0 Å². The molecular formula is C22H23N5O3. The predicted molar refractivity (Wildman–Crippen MR) is 113 cm³/mol.